The molecule has 0 aliphatic rings. The first kappa shape index (κ1) is 18.1. The summed E-state index contributed by atoms with van der Waals surface area (Å²) in [7, 11) is 1.79. The highest BCUT2D eigenvalue weighted by molar-refractivity contribution is 6.04. The van der Waals surface area contributed by atoms with Crippen LogP contribution in [-0.4, -0.2) is 19.1 Å². The molecule has 3 heterocycles. The van der Waals surface area contributed by atoms with Crippen molar-refractivity contribution in [3.05, 3.63) is 82.5 Å². The second kappa shape index (κ2) is 6.56. The third kappa shape index (κ3) is 2.61. The van der Waals surface area contributed by atoms with Gasteiger partial charge in [-0.25, -0.2) is 9.78 Å². The molecule has 0 saturated carbocycles. The minimum atomic E-state index is -0.0902. The van der Waals surface area contributed by atoms with Crippen LogP contribution in [0.25, 0.3) is 38.8 Å². The Hall–Kier alpha value is -3.93. The molecule has 0 aliphatic carbocycles. The van der Waals surface area contributed by atoms with E-state index in [1.165, 1.54) is 0 Å². The van der Waals surface area contributed by atoms with E-state index in [9.17, 15) is 4.79 Å². The number of anilines is 1. The fourth-order valence-electron chi connectivity index (χ4n) is 3.95. The summed E-state index contributed by atoms with van der Waals surface area (Å²) in [5.41, 5.74) is 13.2. The van der Waals surface area contributed by atoms with Gasteiger partial charge in [-0.05, 0) is 60.9 Å². The van der Waals surface area contributed by atoms with Gasteiger partial charge < -0.3 is 5.73 Å². The van der Waals surface area contributed by atoms with Crippen LogP contribution >= 0.6 is 0 Å². The number of nitrogens with two attached hydrogens (primary N) is 1. The number of rotatable bonds is 2. The lowest BCUT2D eigenvalue weighted by atomic mass is 10.0. The molecule has 0 saturated heterocycles. The molecule has 0 spiro atoms. The minimum absolute atomic E-state index is 0.0902. The minimum Gasteiger partial charge on any atom is -0.384 e. The Labute approximate surface area is 173 Å². The molecule has 5 aromatic rings. The molecule has 2 aromatic carbocycles. The van der Waals surface area contributed by atoms with Gasteiger partial charge in [0.15, 0.2) is 0 Å². The summed E-state index contributed by atoms with van der Waals surface area (Å²) >= 11 is 0. The maximum atomic E-state index is 13.3. The van der Waals surface area contributed by atoms with Gasteiger partial charge in [0.1, 0.15) is 5.82 Å². The van der Waals surface area contributed by atoms with E-state index in [1.54, 1.807) is 34.6 Å². The molecule has 2 N–H and O–H groups in total. The Morgan fingerprint density at radius 2 is 1.73 bits per heavy atom. The molecule has 0 radical (unpaired) electrons. The summed E-state index contributed by atoms with van der Waals surface area (Å²) < 4.78 is 3.45. The Bertz CT molecular complexity index is 1490. The van der Waals surface area contributed by atoms with Crippen LogP contribution in [0.1, 0.15) is 11.1 Å². The van der Waals surface area contributed by atoms with Gasteiger partial charge in [0, 0.05) is 24.2 Å². The van der Waals surface area contributed by atoms with Gasteiger partial charge in [-0.15, -0.1) is 0 Å². The number of aryl methyl sites for hydroxylation is 2. The van der Waals surface area contributed by atoms with Gasteiger partial charge in [0.05, 0.1) is 28.4 Å². The van der Waals surface area contributed by atoms with Crippen molar-refractivity contribution in [2.75, 3.05) is 5.73 Å². The zero-order chi connectivity index (χ0) is 21.0. The van der Waals surface area contributed by atoms with E-state index in [4.69, 9.17) is 5.73 Å². The van der Waals surface area contributed by atoms with E-state index >= 15 is 0 Å². The van der Waals surface area contributed by atoms with Crippen molar-refractivity contribution >= 4 is 27.8 Å². The van der Waals surface area contributed by atoms with E-state index < -0.39 is 0 Å². The quantitative estimate of drug-likeness (QED) is 0.487. The second-order valence-electron chi connectivity index (χ2n) is 7.59. The van der Waals surface area contributed by atoms with Gasteiger partial charge >= 0.3 is 5.69 Å². The van der Waals surface area contributed by atoms with Crippen molar-refractivity contribution in [1.29, 1.82) is 0 Å². The molecule has 0 atom stereocenters. The third-order valence-electron chi connectivity index (χ3n) is 5.82. The van der Waals surface area contributed by atoms with Gasteiger partial charge in [0.2, 0.25) is 0 Å². The molecular weight excluding hydrogens is 374 g/mol. The van der Waals surface area contributed by atoms with E-state index in [-0.39, 0.29) is 5.69 Å². The number of hydrogen-bond donors (Lipinski definition) is 1. The molecule has 0 bridgehead atoms. The van der Waals surface area contributed by atoms with Crippen molar-refractivity contribution in [3.8, 4) is 16.8 Å². The van der Waals surface area contributed by atoms with Crippen LogP contribution in [0.5, 0.6) is 0 Å². The number of fused-ring (bicyclic) bond motifs is 3. The van der Waals surface area contributed by atoms with Crippen molar-refractivity contribution < 1.29 is 0 Å². The lowest BCUT2D eigenvalue weighted by Crippen LogP contribution is -2.21. The topological polar surface area (TPSA) is 78.7 Å². The molecule has 0 fully saturated rings. The predicted octanol–water partition coefficient (Wildman–Crippen LogP) is 4.14. The number of pyridine rings is 2. The van der Waals surface area contributed by atoms with E-state index in [0.717, 1.165) is 49.9 Å². The highest BCUT2D eigenvalue weighted by Gasteiger charge is 2.18. The smallest absolute Gasteiger partial charge is 0.333 e. The van der Waals surface area contributed by atoms with Crippen molar-refractivity contribution in [2.24, 2.45) is 7.05 Å². The zero-order valence-corrected chi connectivity index (χ0v) is 17.0. The Morgan fingerprint density at radius 1 is 0.933 bits per heavy atom. The summed E-state index contributed by atoms with van der Waals surface area (Å²) in [6.45, 7) is 4.10. The van der Waals surface area contributed by atoms with Gasteiger partial charge in [-0.3, -0.25) is 14.1 Å². The van der Waals surface area contributed by atoms with Crippen LogP contribution in [0.2, 0.25) is 0 Å². The second-order valence-corrected chi connectivity index (χ2v) is 7.59. The average molecular weight is 395 g/mol. The Kier molecular flexibility index (Phi) is 3.96. The van der Waals surface area contributed by atoms with Gasteiger partial charge in [-0.1, -0.05) is 18.2 Å². The first-order valence-corrected chi connectivity index (χ1v) is 9.74. The molecule has 30 heavy (non-hydrogen) atoms. The summed E-state index contributed by atoms with van der Waals surface area (Å²) in [4.78, 5) is 22.1. The van der Waals surface area contributed by atoms with E-state index in [2.05, 4.69) is 29.0 Å². The summed E-state index contributed by atoms with van der Waals surface area (Å²) in [5.74, 6) is 0.482. The van der Waals surface area contributed by atoms with Crippen molar-refractivity contribution in [1.82, 2.24) is 19.1 Å². The number of hydrogen-bond acceptors (Lipinski definition) is 4. The van der Waals surface area contributed by atoms with Gasteiger partial charge in [-0.2, -0.15) is 0 Å². The monoisotopic (exact) mass is 395 g/mol. The summed E-state index contributed by atoms with van der Waals surface area (Å²) in [5, 5.41) is 0.917. The van der Waals surface area contributed by atoms with Gasteiger partial charge in [0.25, 0.3) is 0 Å². The summed E-state index contributed by atoms with van der Waals surface area (Å²) in [6, 6.07) is 15.8. The Morgan fingerprint density at radius 3 is 2.50 bits per heavy atom. The lowest BCUT2D eigenvalue weighted by Gasteiger charge is -2.11. The molecule has 6 heteroatoms. The maximum Gasteiger partial charge on any atom is 0.333 e. The number of imidazole rings is 1. The van der Waals surface area contributed by atoms with Crippen LogP contribution in [-0.2, 0) is 7.05 Å². The van der Waals surface area contributed by atoms with Crippen LogP contribution in [0.4, 0.5) is 5.82 Å². The SMILES string of the molecule is Cc1cccc(-n2c(=O)n(C)c3cnc4ccc(-c5ccc(N)nc5)cc4c32)c1C. The van der Waals surface area contributed by atoms with E-state index in [1.807, 2.05) is 37.3 Å². The molecule has 0 aliphatic heterocycles. The van der Waals surface area contributed by atoms with E-state index in [0.29, 0.717) is 5.82 Å². The highest BCUT2D eigenvalue weighted by atomic mass is 16.1. The third-order valence-corrected chi connectivity index (χ3v) is 5.82. The predicted molar refractivity (Wildman–Crippen MR) is 121 cm³/mol. The molecule has 0 amide bonds. The molecule has 5 rings (SSSR count). The Balaban J connectivity index is 1.90. The first-order valence-electron chi connectivity index (χ1n) is 9.74. The lowest BCUT2D eigenvalue weighted by molar-refractivity contribution is 0.843. The van der Waals surface area contributed by atoms with Crippen molar-refractivity contribution in [3.63, 3.8) is 0 Å². The fourth-order valence-corrected chi connectivity index (χ4v) is 3.95. The van der Waals surface area contributed by atoms with Crippen LogP contribution in [0, 0.1) is 13.8 Å². The van der Waals surface area contributed by atoms with Crippen LogP contribution in [0.15, 0.2) is 65.7 Å². The molecular formula is C24H21N5O. The largest absolute Gasteiger partial charge is 0.384 e. The first-order chi connectivity index (χ1) is 14.5. The van der Waals surface area contributed by atoms with Crippen LogP contribution < -0.4 is 11.4 Å². The normalized spacial score (nSPS) is 11.4. The average Bonchev–Trinajstić information content (AvgIpc) is 3.01. The molecule has 148 valence electrons. The molecule has 0 unspecified atom stereocenters. The number of aromatic nitrogens is 4. The number of benzene rings is 2. The standard InChI is InChI=1S/C24H21N5O/c1-14-5-4-6-20(15(14)2)29-23-18-11-16(17-8-10-22(25)27-12-17)7-9-19(18)26-13-21(23)28(3)24(29)30/h4-13H,1-3H3,(H2,25,27). The highest BCUT2D eigenvalue weighted by Crippen LogP contribution is 2.30. The summed E-state index contributed by atoms with van der Waals surface area (Å²) in [6.07, 6.45) is 3.53. The zero-order valence-electron chi connectivity index (χ0n) is 17.0. The molecule has 6 nitrogen and oxygen atoms in total. The van der Waals surface area contributed by atoms with Crippen LogP contribution in [0.3, 0.4) is 0 Å². The van der Waals surface area contributed by atoms with Crippen molar-refractivity contribution in [2.45, 2.75) is 13.8 Å². The number of nitrogens with zero attached hydrogens (tertiary/aromatic N) is 4. The number of nitrogen functional groups attached to an aromatic ring is 1. The molecule has 3 aromatic heterocycles. The maximum absolute atomic E-state index is 13.3. The fraction of sp³-hybridized carbons (Fsp3) is 0.125.